The lowest BCUT2D eigenvalue weighted by molar-refractivity contribution is -0.127. The van der Waals surface area contributed by atoms with Crippen molar-refractivity contribution in [2.45, 2.75) is 5.41 Å². The van der Waals surface area contributed by atoms with Crippen molar-refractivity contribution < 1.29 is 14.3 Å². The van der Waals surface area contributed by atoms with Crippen LogP contribution in [0.4, 0.5) is 0 Å². The van der Waals surface area contributed by atoms with Gasteiger partial charge in [-0.05, 0) is 5.56 Å². The van der Waals surface area contributed by atoms with Crippen LogP contribution >= 0.6 is 0 Å². The number of carbonyl (C=O) groups excluding carboxylic acids is 1. The highest BCUT2D eigenvalue weighted by molar-refractivity contribution is 6.04. The SMILES string of the molecule is O=C(c1ccccc1)C1(c2ccccc2)COCOC1. The second-order valence-electron chi connectivity index (χ2n) is 4.96. The Balaban J connectivity index is 2.05. The largest absolute Gasteiger partial charge is 0.354 e. The van der Waals surface area contributed by atoms with Crippen LogP contribution in [0.5, 0.6) is 0 Å². The molecule has 3 heteroatoms. The molecule has 0 spiro atoms. The number of carbonyl (C=O) groups is 1. The molecule has 0 N–H and O–H groups in total. The summed E-state index contributed by atoms with van der Waals surface area (Å²) >= 11 is 0. The molecule has 0 radical (unpaired) electrons. The molecule has 102 valence electrons. The second-order valence-corrected chi connectivity index (χ2v) is 4.96. The third-order valence-electron chi connectivity index (χ3n) is 3.66. The van der Waals surface area contributed by atoms with E-state index in [4.69, 9.17) is 9.47 Å². The number of rotatable bonds is 3. The van der Waals surface area contributed by atoms with Crippen LogP contribution in [0.3, 0.4) is 0 Å². The summed E-state index contributed by atoms with van der Waals surface area (Å²) in [6.07, 6.45) is 0. The molecule has 3 nitrogen and oxygen atoms in total. The predicted octanol–water partition coefficient (Wildman–Crippen LogP) is 2.81. The van der Waals surface area contributed by atoms with E-state index in [0.29, 0.717) is 18.8 Å². The third-order valence-corrected chi connectivity index (χ3v) is 3.66. The summed E-state index contributed by atoms with van der Waals surface area (Å²) in [6.45, 7) is 0.951. The number of ketones is 1. The van der Waals surface area contributed by atoms with E-state index >= 15 is 0 Å². The average Bonchev–Trinajstić information content (AvgIpc) is 2.56. The number of hydrogen-bond acceptors (Lipinski definition) is 3. The van der Waals surface area contributed by atoms with Crippen LogP contribution < -0.4 is 0 Å². The molecule has 0 bridgehead atoms. The van der Waals surface area contributed by atoms with Crippen molar-refractivity contribution in [3.05, 3.63) is 71.8 Å². The van der Waals surface area contributed by atoms with Gasteiger partial charge in [-0.3, -0.25) is 4.79 Å². The van der Waals surface area contributed by atoms with Crippen LogP contribution in [0.15, 0.2) is 60.7 Å². The summed E-state index contributed by atoms with van der Waals surface area (Å²) in [6, 6.07) is 19.0. The monoisotopic (exact) mass is 268 g/mol. The van der Waals surface area contributed by atoms with Crippen LogP contribution in [-0.4, -0.2) is 25.8 Å². The van der Waals surface area contributed by atoms with Gasteiger partial charge < -0.3 is 9.47 Å². The van der Waals surface area contributed by atoms with E-state index in [9.17, 15) is 4.79 Å². The lowest BCUT2D eigenvalue weighted by Crippen LogP contribution is -2.48. The zero-order valence-corrected chi connectivity index (χ0v) is 11.1. The summed E-state index contributed by atoms with van der Waals surface area (Å²) in [5.41, 5.74) is 0.875. The van der Waals surface area contributed by atoms with Gasteiger partial charge in [0.25, 0.3) is 0 Å². The molecular formula is C17H16O3. The summed E-state index contributed by atoms with van der Waals surface area (Å²) in [7, 11) is 0. The molecule has 1 aliphatic heterocycles. The van der Waals surface area contributed by atoms with Crippen molar-refractivity contribution in [1.82, 2.24) is 0 Å². The second kappa shape index (κ2) is 5.57. The quantitative estimate of drug-likeness (QED) is 0.803. The molecule has 0 aliphatic carbocycles. The van der Waals surface area contributed by atoms with E-state index in [0.717, 1.165) is 5.56 Å². The fraction of sp³-hybridized carbons (Fsp3) is 0.235. The topological polar surface area (TPSA) is 35.5 Å². The Morgan fingerprint density at radius 3 is 2.00 bits per heavy atom. The first-order valence-electron chi connectivity index (χ1n) is 6.64. The van der Waals surface area contributed by atoms with E-state index in [-0.39, 0.29) is 12.6 Å². The minimum absolute atomic E-state index is 0.0454. The molecule has 1 saturated heterocycles. The van der Waals surface area contributed by atoms with E-state index in [1.807, 2.05) is 60.7 Å². The minimum Gasteiger partial charge on any atom is -0.354 e. The van der Waals surface area contributed by atoms with Gasteiger partial charge in [0.2, 0.25) is 0 Å². The molecular weight excluding hydrogens is 252 g/mol. The van der Waals surface area contributed by atoms with Crippen LogP contribution in [-0.2, 0) is 14.9 Å². The van der Waals surface area contributed by atoms with Gasteiger partial charge >= 0.3 is 0 Å². The van der Waals surface area contributed by atoms with Crippen LogP contribution in [0, 0.1) is 0 Å². The van der Waals surface area contributed by atoms with Gasteiger partial charge in [0.15, 0.2) is 5.78 Å². The maximum Gasteiger partial charge on any atom is 0.178 e. The molecule has 20 heavy (non-hydrogen) atoms. The molecule has 1 fully saturated rings. The molecule has 1 heterocycles. The van der Waals surface area contributed by atoms with Crippen molar-refractivity contribution in [2.24, 2.45) is 0 Å². The van der Waals surface area contributed by atoms with Gasteiger partial charge in [-0.25, -0.2) is 0 Å². The van der Waals surface area contributed by atoms with Crippen molar-refractivity contribution in [2.75, 3.05) is 20.0 Å². The lowest BCUT2D eigenvalue weighted by atomic mass is 9.75. The Hall–Kier alpha value is -1.97. The standard InChI is InChI=1S/C17H16O3/c18-16(14-7-3-1-4-8-14)17(11-19-13-20-12-17)15-9-5-2-6-10-15/h1-10H,11-13H2. The normalized spacial score (nSPS) is 17.6. The zero-order chi connectivity index (χ0) is 13.8. The van der Waals surface area contributed by atoms with Gasteiger partial charge in [-0.2, -0.15) is 0 Å². The highest BCUT2D eigenvalue weighted by Crippen LogP contribution is 2.31. The number of ether oxygens (including phenoxy) is 2. The molecule has 2 aromatic carbocycles. The summed E-state index contributed by atoms with van der Waals surface area (Å²) in [5.74, 6) is 0.0454. The number of benzene rings is 2. The molecule has 1 aliphatic rings. The first-order chi connectivity index (χ1) is 9.83. The molecule has 0 aromatic heterocycles. The fourth-order valence-electron chi connectivity index (χ4n) is 2.58. The predicted molar refractivity (Wildman–Crippen MR) is 75.7 cm³/mol. The van der Waals surface area contributed by atoms with E-state index in [1.54, 1.807) is 0 Å². The van der Waals surface area contributed by atoms with Gasteiger partial charge in [-0.15, -0.1) is 0 Å². The van der Waals surface area contributed by atoms with Crippen molar-refractivity contribution >= 4 is 5.78 Å². The fourth-order valence-corrected chi connectivity index (χ4v) is 2.58. The van der Waals surface area contributed by atoms with Gasteiger partial charge in [0, 0.05) is 5.56 Å². The smallest absolute Gasteiger partial charge is 0.178 e. The van der Waals surface area contributed by atoms with Gasteiger partial charge in [0.1, 0.15) is 12.2 Å². The van der Waals surface area contributed by atoms with Crippen LogP contribution in [0.2, 0.25) is 0 Å². The first kappa shape index (κ1) is 13.0. The third kappa shape index (κ3) is 2.26. The zero-order valence-electron chi connectivity index (χ0n) is 11.1. The Bertz CT molecular complexity index is 572. The van der Waals surface area contributed by atoms with Crippen molar-refractivity contribution in [3.63, 3.8) is 0 Å². The molecule has 2 aromatic rings. The number of Topliss-reactive ketones (excluding diaryl/α,β-unsaturated/α-hetero) is 1. The van der Waals surface area contributed by atoms with Crippen molar-refractivity contribution in [3.8, 4) is 0 Å². The lowest BCUT2D eigenvalue weighted by Gasteiger charge is -2.35. The van der Waals surface area contributed by atoms with Crippen LogP contribution in [0.1, 0.15) is 15.9 Å². The maximum absolute atomic E-state index is 13.0. The summed E-state index contributed by atoms with van der Waals surface area (Å²) < 4.78 is 10.9. The Kier molecular flexibility index (Phi) is 3.63. The molecule has 3 rings (SSSR count). The Morgan fingerprint density at radius 1 is 0.850 bits per heavy atom. The first-order valence-corrected chi connectivity index (χ1v) is 6.64. The van der Waals surface area contributed by atoms with Gasteiger partial charge in [0.05, 0.1) is 13.2 Å². The summed E-state index contributed by atoms with van der Waals surface area (Å²) in [5, 5.41) is 0. The van der Waals surface area contributed by atoms with Gasteiger partial charge in [-0.1, -0.05) is 60.7 Å². The Labute approximate surface area is 118 Å². The molecule has 0 atom stereocenters. The number of hydrogen-bond donors (Lipinski definition) is 0. The molecule has 0 amide bonds. The summed E-state index contributed by atoms with van der Waals surface area (Å²) in [4.78, 5) is 13.0. The van der Waals surface area contributed by atoms with E-state index < -0.39 is 5.41 Å². The maximum atomic E-state index is 13.0. The van der Waals surface area contributed by atoms with Crippen LogP contribution in [0.25, 0.3) is 0 Å². The average molecular weight is 268 g/mol. The Morgan fingerprint density at radius 2 is 1.40 bits per heavy atom. The minimum atomic E-state index is -0.749. The van der Waals surface area contributed by atoms with Crippen molar-refractivity contribution in [1.29, 1.82) is 0 Å². The van der Waals surface area contributed by atoms with E-state index in [1.165, 1.54) is 0 Å². The highest BCUT2D eigenvalue weighted by Gasteiger charge is 2.43. The van der Waals surface area contributed by atoms with E-state index in [2.05, 4.69) is 0 Å². The molecule has 0 saturated carbocycles. The highest BCUT2D eigenvalue weighted by atomic mass is 16.7. The molecule has 0 unspecified atom stereocenters.